The lowest BCUT2D eigenvalue weighted by Crippen LogP contribution is -2.26. The Hall–Kier alpha value is -2.13. The van der Waals surface area contributed by atoms with Gasteiger partial charge in [-0.2, -0.15) is 8.42 Å². The Morgan fingerprint density at radius 1 is 1.29 bits per heavy atom. The van der Waals surface area contributed by atoms with Crippen molar-refractivity contribution < 1.29 is 41.7 Å². The first-order valence-electron chi connectivity index (χ1n) is 10.5. The van der Waals surface area contributed by atoms with Crippen LogP contribution in [0.1, 0.15) is 19.8 Å². The number of thioether (sulfide) groups is 3. The van der Waals surface area contributed by atoms with Crippen molar-refractivity contribution in [3.05, 3.63) is 33.7 Å². The standard InChI is InChI=1S/C21H22N2O8S4/c1-3-12(19-20(26)23(10-18(24)25)21(32-2)34-19)7-17-22(5-4-6-35(27,28)29)13-8-14-15(31-11-30-14)9-16(13)33-17/h7-9H,3-6,10-11H2,1-2H3,(H-,24,25,27,28,29)/p+1/b17-7-,19-12+. The zero-order valence-electron chi connectivity index (χ0n) is 18.8. The number of amides is 1. The molecule has 0 unspecified atom stereocenters. The van der Waals surface area contributed by atoms with Crippen molar-refractivity contribution >= 4 is 67.3 Å². The predicted octanol–water partition coefficient (Wildman–Crippen LogP) is 3.20. The minimum atomic E-state index is -4.11. The van der Waals surface area contributed by atoms with E-state index in [1.165, 1.54) is 39.9 Å². The number of carbonyl (C=O) groups excluding carboxylic acids is 1. The van der Waals surface area contributed by atoms with Gasteiger partial charge >= 0.3 is 11.9 Å². The summed E-state index contributed by atoms with van der Waals surface area (Å²) in [5.74, 6) is -0.616. The van der Waals surface area contributed by atoms with Crippen LogP contribution in [0.3, 0.4) is 0 Å². The molecule has 35 heavy (non-hydrogen) atoms. The van der Waals surface area contributed by atoms with Gasteiger partial charge in [0.05, 0.1) is 16.5 Å². The number of ether oxygens (including phenoxy) is 2. The highest BCUT2D eigenvalue weighted by atomic mass is 32.2. The lowest BCUT2D eigenvalue weighted by molar-refractivity contribution is -0.429. The maximum absolute atomic E-state index is 13.1. The van der Waals surface area contributed by atoms with Crippen LogP contribution in [0.5, 0.6) is 11.5 Å². The van der Waals surface area contributed by atoms with Crippen molar-refractivity contribution in [2.75, 3.05) is 36.8 Å². The summed E-state index contributed by atoms with van der Waals surface area (Å²) in [4.78, 5) is 27.6. The molecule has 0 fully saturated rings. The van der Waals surface area contributed by atoms with Crippen molar-refractivity contribution in [1.82, 2.24) is 0 Å². The molecule has 1 amide bonds. The quantitative estimate of drug-likeness (QED) is 0.275. The van der Waals surface area contributed by atoms with Gasteiger partial charge in [-0.25, -0.2) is 9.59 Å². The number of aliphatic carboxylic acids is 1. The number of anilines is 1. The number of benzene rings is 1. The maximum atomic E-state index is 13.1. The Morgan fingerprint density at radius 3 is 2.63 bits per heavy atom. The molecule has 3 heterocycles. The van der Waals surface area contributed by atoms with E-state index < -0.39 is 22.6 Å². The van der Waals surface area contributed by atoms with Crippen LogP contribution in [-0.2, 0) is 19.7 Å². The van der Waals surface area contributed by atoms with Crippen molar-refractivity contribution in [3.8, 4) is 11.5 Å². The van der Waals surface area contributed by atoms with Gasteiger partial charge in [0.25, 0.3) is 14.5 Å². The van der Waals surface area contributed by atoms with E-state index in [0.717, 1.165) is 21.2 Å². The minimum Gasteiger partial charge on any atom is -0.477 e. The van der Waals surface area contributed by atoms with Crippen molar-refractivity contribution in [1.29, 1.82) is 0 Å². The zero-order valence-corrected chi connectivity index (χ0v) is 22.1. The van der Waals surface area contributed by atoms with Crippen molar-refractivity contribution in [3.63, 3.8) is 0 Å². The van der Waals surface area contributed by atoms with Gasteiger partial charge in [0.2, 0.25) is 13.3 Å². The van der Waals surface area contributed by atoms with Crippen LogP contribution in [0.15, 0.2) is 38.6 Å². The normalized spacial score (nSPS) is 19.7. The highest BCUT2D eigenvalue weighted by Crippen LogP contribution is 2.52. The first kappa shape index (κ1) is 25.9. The summed E-state index contributed by atoms with van der Waals surface area (Å²) in [5, 5.41) is 9.99. The van der Waals surface area contributed by atoms with Gasteiger partial charge in [0, 0.05) is 23.6 Å². The second-order valence-electron chi connectivity index (χ2n) is 7.61. The van der Waals surface area contributed by atoms with Gasteiger partial charge in [-0.15, -0.1) is 4.58 Å². The Kier molecular flexibility index (Phi) is 7.76. The number of hydrogen-bond donors (Lipinski definition) is 2. The van der Waals surface area contributed by atoms with Crippen molar-refractivity contribution in [2.24, 2.45) is 0 Å². The number of fused-ring (bicyclic) bond motifs is 2. The van der Waals surface area contributed by atoms with Crippen LogP contribution in [0, 0.1) is 0 Å². The fourth-order valence-electron chi connectivity index (χ4n) is 3.73. The molecule has 0 bridgehead atoms. The average molecular weight is 560 g/mol. The first-order valence-corrected chi connectivity index (χ1v) is 15.0. The number of hydrogen-bond acceptors (Lipinski definition) is 10. The van der Waals surface area contributed by atoms with E-state index in [-0.39, 0.29) is 24.9 Å². The largest absolute Gasteiger partial charge is 0.477 e. The zero-order chi connectivity index (χ0) is 25.3. The van der Waals surface area contributed by atoms with Gasteiger partial charge in [-0.1, -0.05) is 30.4 Å². The smallest absolute Gasteiger partial charge is 0.428 e. The second kappa shape index (κ2) is 10.5. The topological polar surface area (TPSA) is 133 Å². The Bertz CT molecular complexity index is 1290. The first-order chi connectivity index (χ1) is 16.6. The van der Waals surface area contributed by atoms with E-state index in [2.05, 4.69) is 0 Å². The van der Waals surface area contributed by atoms with Crippen LogP contribution in [0.25, 0.3) is 0 Å². The van der Waals surface area contributed by atoms with E-state index in [0.29, 0.717) is 33.7 Å². The monoisotopic (exact) mass is 559 g/mol. The highest BCUT2D eigenvalue weighted by molar-refractivity contribution is 8.40. The molecule has 0 aliphatic carbocycles. The average Bonchev–Trinajstić information content (AvgIpc) is 3.46. The molecule has 0 radical (unpaired) electrons. The molecule has 1 aromatic carbocycles. The maximum Gasteiger partial charge on any atom is 0.428 e. The molecule has 0 spiro atoms. The molecular formula is C21H23N2O8S4+. The fraction of sp³-hybridized carbons (Fsp3) is 0.381. The molecule has 3 aliphatic heterocycles. The van der Waals surface area contributed by atoms with Crippen LogP contribution in [-0.4, -0.2) is 70.8 Å². The summed E-state index contributed by atoms with van der Waals surface area (Å²) in [6.45, 7) is 1.94. The SMILES string of the molecule is CCC(/C=C1\Sc2cc3c(cc2N1CCCS(=O)(=O)O)OCO3)=C1\SC(SC)=[N+](CC(=O)O)C1=O. The van der Waals surface area contributed by atoms with E-state index in [4.69, 9.17) is 9.47 Å². The summed E-state index contributed by atoms with van der Waals surface area (Å²) in [6.07, 6.45) is 4.39. The Labute approximate surface area is 215 Å². The van der Waals surface area contributed by atoms with Crippen LogP contribution in [0.4, 0.5) is 5.69 Å². The number of carboxylic acids is 1. The molecule has 188 valence electrons. The van der Waals surface area contributed by atoms with Crippen LogP contribution in [0.2, 0.25) is 0 Å². The summed E-state index contributed by atoms with van der Waals surface area (Å²) in [5.41, 5.74) is 1.56. The predicted molar refractivity (Wildman–Crippen MR) is 136 cm³/mol. The second-order valence-corrected chi connectivity index (χ2v) is 12.3. The molecule has 1 aromatic rings. The molecule has 4 rings (SSSR count). The third-order valence-corrected chi connectivity index (χ3v) is 9.55. The number of allylic oxidation sites excluding steroid dienone is 2. The molecule has 3 aliphatic rings. The molecular weight excluding hydrogens is 537 g/mol. The molecule has 0 atom stereocenters. The van der Waals surface area contributed by atoms with Gasteiger partial charge in [0.15, 0.2) is 11.5 Å². The molecule has 0 saturated carbocycles. The molecule has 0 aromatic heterocycles. The molecule has 14 heteroatoms. The summed E-state index contributed by atoms with van der Waals surface area (Å²) < 4.78 is 44.6. The number of carbonyl (C=O) groups is 2. The molecule has 0 saturated heterocycles. The van der Waals surface area contributed by atoms with Gasteiger partial charge in [0.1, 0.15) is 4.91 Å². The van der Waals surface area contributed by atoms with E-state index in [9.17, 15) is 27.7 Å². The number of carboxylic acid groups (broad SMARTS) is 1. The lowest BCUT2D eigenvalue weighted by Gasteiger charge is -2.21. The molecule has 2 N–H and O–H groups in total. The summed E-state index contributed by atoms with van der Waals surface area (Å²) in [7, 11) is -4.11. The van der Waals surface area contributed by atoms with Crippen molar-refractivity contribution in [2.45, 2.75) is 24.7 Å². The molecule has 10 nitrogen and oxygen atoms in total. The van der Waals surface area contributed by atoms with Crippen LogP contribution < -0.4 is 14.4 Å². The third kappa shape index (κ3) is 5.66. The highest BCUT2D eigenvalue weighted by Gasteiger charge is 2.40. The van der Waals surface area contributed by atoms with Gasteiger partial charge in [-0.3, -0.25) is 4.55 Å². The minimum absolute atomic E-state index is 0.126. The Morgan fingerprint density at radius 2 is 2.00 bits per heavy atom. The third-order valence-electron chi connectivity index (χ3n) is 5.30. The number of nitrogens with zero attached hydrogens (tertiary/aromatic N) is 2. The fourth-order valence-corrected chi connectivity index (χ4v) is 7.31. The van der Waals surface area contributed by atoms with E-state index >= 15 is 0 Å². The van der Waals surface area contributed by atoms with Gasteiger partial charge in [-0.05, 0) is 42.5 Å². The number of rotatable bonds is 8. The van der Waals surface area contributed by atoms with Crippen LogP contribution >= 0.6 is 35.3 Å². The van der Waals surface area contributed by atoms with Gasteiger partial charge < -0.3 is 19.5 Å². The summed E-state index contributed by atoms with van der Waals surface area (Å²) >= 11 is 4.03. The summed E-state index contributed by atoms with van der Waals surface area (Å²) in [6, 6.07) is 3.70. The Balaban J connectivity index is 1.70. The van der Waals surface area contributed by atoms with E-state index in [1.807, 2.05) is 30.0 Å². The lowest BCUT2D eigenvalue weighted by atomic mass is 10.1. The van der Waals surface area contributed by atoms with E-state index in [1.54, 1.807) is 6.26 Å².